The number of hydrogen-bond acceptors (Lipinski definition) is 0. The van der Waals surface area contributed by atoms with Crippen molar-refractivity contribution in [3.63, 3.8) is 0 Å². The first-order valence-electron chi connectivity index (χ1n) is 41.7. The Labute approximate surface area is 700 Å². The van der Waals surface area contributed by atoms with E-state index in [1.807, 2.05) is 0 Å². The highest BCUT2D eigenvalue weighted by Crippen LogP contribution is 2.43. The van der Waals surface area contributed by atoms with Crippen molar-refractivity contribution < 1.29 is 0 Å². The van der Waals surface area contributed by atoms with Gasteiger partial charge in [-0.25, -0.2) is 0 Å². The zero-order valence-electron chi connectivity index (χ0n) is 66.3. The van der Waals surface area contributed by atoms with Crippen LogP contribution in [0.3, 0.4) is 0 Å². The van der Waals surface area contributed by atoms with Gasteiger partial charge in [0.05, 0.1) is 33.1 Å². The highest BCUT2D eigenvalue weighted by molar-refractivity contribution is 6.16. The standard InChI is InChI=1S/C42H27N.2C38H25N/c1-2-10-31-25-34(23-21-28(31)9-1)43-41-16-8-7-15-38(41)40-26-32(22-24-42(40)43)29-17-19-30(20-18-29)39-27-33-11-3-4-12-35(33)36-13-5-6-14-37(36)39;1-3-9-30-23-32(18-17-26(30)7-1)28-13-15-29(16-14-28)33-20-22-38-36(25-33)35-11-5-6-12-37(35)39(38)34-21-19-27-8-2-4-10-31(27)24-34;1-2-10-30-24-32(22-20-26(30)8-1)39-37-15-6-5-13-35(37)36-25-31(21-23-38(36)39)27-16-18-29(19-17-27)34-14-7-11-28-9-3-4-12-33(28)34/h1-27H;2*1-25H. The first-order valence-corrected chi connectivity index (χ1v) is 41.7. The molecule has 0 aliphatic heterocycles. The second-order valence-electron chi connectivity index (χ2n) is 31.9. The largest absolute Gasteiger partial charge is 0.309 e. The summed E-state index contributed by atoms with van der Waals surface area (Å²) in [5.41, 5.74) is 25.8. The molecule has 0 amide bonds. The Kier molecular flexibility index (Phi) is 17.3. The van der Waals surface area contributed by atoms with Crippen LogP contribution in [0.1, 0.15) is 0 Å². The van der Waals surface area contributed by atoms with Crippen LogP contribution >= 0.6 is 0 Å². The van der Waals surface area contributed by atoms with Crippen LogP contribution in [0.4, 0.5) is 0 Å². The van der Waals surface area contributed by atoms with Crippen molar-refractivity contribution in [1.82, 2.24) is 13.7 Å². The molecule has 3 heterocycles. The van der Waals surface area contributed by atoms with E-state index in [-0.39, 0.29) is 0 Å². The van der Waals surface area contributed by atoms with Crippen molar-refractivity contribution in [2.45, 2.75) is 0 Å². The Morgan fingerprint density at radius 2 is 0.372 bits per heavy atom. The lowest BCUT2D eigenvalue weighted by Crippen LogP contribution is -1.93. The van der Waals surface area contributed by atoms with Crippen LogP contribution in [-0.2, 0) is 0 Å². The van der Waals surface area contributed by atoms with Crippen molar-refractivity contribution >= 4 is 141 Å². The molecule has 0 bridgehead atoms. The van der Waals surface area contributed by atoms with E-state index >= 15 is 0 Å². The average molecular weight is 1540 g/mol. The van der Waals surface area contributed by atoms with Gasteiger partial charge in [0.15, 0.2) is 0 Å². The molecular formula is C118H77N3. The van der Waals surface area contributed by atoms with Crippen molar-refractivity contribution in [1.29, 1.82) is 0 Å². The summed E-state index contributed by atoms with van der Waals surface area (Å²) in [4.78, 5) is 0. The van der Waals surface area contributed by atoms with Crippen molar-refractivity contribution in [3.8, 4) is 83.8 Å². The molecule has 0 aliphatic rings. The van der Waals surface area contributed by atoms with E-state index in [2.05, 4.69) is 481 Å². The lowest BCUT2D eigenvalue weighted by atomic mass is 9.92. The third-order valence-corrected chi connectivity index (χ3v) is 24.9. The molecule has 564 valence electrons. The molecule has 0 unspecified atom stereocenters. The number of hydrogen-bond donors (Lipinski definition) is 0. The van der Waals surface area contributed by atoms with Crippen molar-refractivity contribution in [3.05, 3.63) is 467 Å². The molecule has 25 aromatic rings. The Morgan fingerprint density at radius 1 is 0.107 bits per heavy atom. The van der Waals surface area contributed by atoms with Gasteiger partial charge in [-0.3, -0.25) is 0 Å². The topological polar surface area (TPSA) is 14.8 Å². The SMILES string of the molecule is c1ccc2cc(-c3ccc(-c4ccc5c(c4)c4ccccc4n5-c4ccc5ccccc5c4)cc3)ccc2c1.c1ccc2cc(-n3c4ccccc4c4cc(-c5ccc(-c6cc7ccccc7c7ccccc67)cc5)ccc43)ccc2c1.c1ccc2cc(-n3c4ccccc4c4cc(-c5ccc(-c6cccc7ccccc67)cc5)ccc43)ccc2c1. The Bertz CT molecular complexity index is 8370. The van der Waals surface area contributed by atoms with Gasteiger partial charge in [-0.05, 0) is 245 Å². The molecule has 3 aromatic heterocycles. The van der Waals surface area contributed by atoms with E-state index in [4.69, 9.17) is 0 Å². The molecule has 0 saturated carbocycles. The van der Waals surface area contributed by atoms with Gasteiger partial charge in [0.25, 0.3) is 0 Å². The zero-order chi connectivity index (χ0) is 79.9. The molecule has 3 heteroatoms. The molecule has 121 heavy (non-hydrogen) atoms. The number of aromatic nitrogens is 3. The normalized spacial score (nSPS) is 11.6. The fourth-order valence-corrected chi connectivity index (χ4v) is 18.9. The van der Waals surface area contributed by atoms with Gasteiger partial charge < -0.3 is 13.7 Å². The van der Waals surface area contributed by atoms with Gasteiger partial charge in [-0.15, -0.1) is 0 Å². The van der Waals surface area contributed by atoms with E-state index in [1.54, 1.807) is 0 Å². The van der Waals surface area contributed by atoms with Crippen LogP contribution in [0.5, 0.6) is 0 Å². The third kappa shape index (κ3) is 12.6. The maximum Gasteiger partial charge on any atom is 0.0541 e. The van der Waals surface area contributed by atoms with Gasteiger partial charge >= 0.3 is 0 Å². The third-order valence-electron chi connectivity index (χ3n) is 24.9. The summed E-state index contributed by atoms with van der Waals surface area (Å²) in [6.45, 7) is 0. The summed E-state index contributed by atoms with van der Waals surface area (Å²) >= 11 is 0. The van der Waals surface area contributed by atoms with Crippen molar-refractivity contribution in [2.24, 2.45) is 0 Å². The number of para-hydroxylation sites is 3. The monoisotopic (exact) mass is 1540 g/mol. The predicted molar refractivity (Wildman–Crippen MR) is 518 cm³/mol. The average Bonchev–Trinajstić information content (AvgIpc) is 1.60. The second kappa shape index (κ2) is 29.7. The zero-order valence-corrected chi connectivity index (χ0v) is 66.3. The fourth-order valence-electron chi connectivity index (χ4n) is 18.9. The highest BCUT2D eigenvalue weighted by atomic mass is 15.0. The lowest BCUT2D eigenvalue weighted by Gasteiger charge is -2.12. The van der Waals surface area contributed by atoms with Crippen LogP contribution in [-0.4, -0.2) is 13.7 Å². The van der Waals surface area contributed by atoms with Crippen molar-refractivity contribution in [2.75, 3.05) is 0 Å². The number of rotatable bonds is 9. The molecular weight excluding hydrogens is 1460 g/mol. The minimum Gasteiger partial charge on any atom is -0.309 e. The fraction of sp³-hybridized carbons (Fsp3) is 0. The second-order valence-corrected chi connectivity index (χ2v) is 31.9. The highest BCUT2D eigenvalue weighted by Gasteiger charge is 2.20. The number of benzene rings is 22. The summed E-state index contributed by atoms with van der Waals surface area (Å²) in [6.07, 6.45) is 0. The van der Waals surface area contributed by atoms with E-state index in [0.717, 1.165) is 0 Å². The van der Waals surface area contributed by atoms with Gasteiger partial charge in [-0.2, -0.15) is 0 Å². The Balaban J connectivity index is 0.000000106. The predicted octanol–water partition coefficient (Wildman–Crippen LogP) is 32.4. The maximum absolute atomic E-state index is 2.40. The molecule has 0 aliphatic carbocycles. The minimum absolute atomic E-state index is 1.18. The van der Waals surface area contributed by atoms with E-state index < -0.39 is 0 Å². The first-order chi connectivity index (χ1) is 60.0. The van der Waals surface area contributed by atoms with E-state index in [0.29, 0.717) is 0 Å². The molecule has 0 spiro atoms. The van der Waals surface area contributed by atoms with Crippen LogP contribution in [0.15, 0.2) is 467 Å². The van der Waals surface area contributed by atoms with E-state index in [9.17, 15) is 0 Å². The summed E-state index contributed by atoms with van der Waals surface area (Å²) in [5.74, 6) is 0. The Morgan fingerprint density at radius 3 is 0.785 bits per heavy atom. The van der Waals surface area contributed by atoms with Crippen LogP contribution in [0, 0.1) is 0 Å². The number of nitrogens with zero attached hydrogens (tertiary/aromatic N) is 3. The van der Waals surface area contributed by atoms with Crippen LogP contribution < -0.4 is 0 Å². The van der Waals surface area contributed by atoms with Gasteiger partial charge in [0.1, 0.15) is 0 Å². The molecule has 25 rings (SSSR count). The van der Waals surface area contributed by atoms with Crippen LogP contribution in [0.2, 0.25) is 0 Å². The maximum atomic E-state index is 2.40. The molecule has 0 N–H and O–H groups in total. The summed E-state index contributed by atoms with van der Waals surface area (Å²) < 4.78 is 7.18. The first kappa shape index (κ1) is 70.5. The molecule has 22 aromatic carbocycles. The van der Waals surface area contributed by atoms with Gasteiger partial charge in [0.2, 0.25) is 0 Å². The van der Waals surface area contributed by atoms with Crippen LogP contribution in [0.25, 0.3) is 225 Å². The molecule has 0 radical (unpaired) electrons. The van der Waals surface area contributed by atoms with E-state index in [1.165, 1.54) is 225 Å². The molecule has 0 atom stereocenters. The summed E-state index contributed by atoms with van der Waals surface area (Å²) in [5, 5.41) is 25.4. The smallest absolute Gasteiger partial charge is 0.0541 e. The quantitative estimate of drug-likeness (QED) is 0.128. The Hall–Kier alpha value is -15.9. The number of fused-ring (bicyclic) bond motifs is 17. The summed E-state index contributed by atoms with van der Waals surface area (Å²) in [6, 6.07) is 170. The lowest BCUT2D eigenvalue weighted by molar-refractivity contribution is 1.19. The van der Waals surface area contributed by atoms with Gasteiger partial charge in [-0.1, -0.05) is 364 Å². The summed E-state index contributed by atoms with van der Waals surface area (Å²) in [7, 11) is 0. The molecule has 3 nitrogen and oxygen atoms in total. The minimum atomic E-state index is 1.18. The van der Waals surface area contributed by atoms with Gasteiger partial charge in [0, 0.05) is 49.4 Å². The molecule has 0 saturated heterocycles. The molecule has 0 fully saturated rings.